The summed E-state index contributed by atoms with van der Waals surface area (Å²) in [5.41, 5.74) is 0. The molecule has 0 amide bonds. The summed E-state index contributed by atoms with van der Waals surface area (Å²) >= 11 is 0. The fourth-order valence-corrected chi connectivity index (χ4v) is 0.841. The lowest BCUT2D eigenvalue weighted by Gasteiger charge is -1.92. The van der Waals surface area contributed by atoms with E-state index in [0.717, 1.165) is 12.7 Å². The van der Waals surface area contributed by atoms with Crippen molar-refractivity contribution in [3.63, 3.8) is 0 Å². The van der Waals surface area contributed by atoms with E-state index in [0.29, 0.717) is 0 Å². The van der Waals surface area contributed by atoms with E-state index in [1.165, 1.54) is 25.7 Å². The lowest BCUT2D eigenvalue weighted by atomic mass is 10.1. The Hall–Kier alpha value is -0.590. The maximum Gasteiger partial charge on any atom is 0.142 e. The minimum absolute atomic E-state index is 0. The van der Waals surface area contributed by atoms with Crippen molar-refractivity contribution in [3.05, 3.63) is 19.6 Å². The average molecular weight is 152 g/mol. The Kier molecular flexibility index (Phi) is 14.4. The van der Waals surface area contributed by atoms with E-state index < -0.39 is 0 Å². The Labute approximate surface area is 70.5 Å². The molecule has 0 spiro atoms. The molecule has 0 atom stereocenters. The molecule has 62 valence electrons. The maximum atomic E-state index is 9.81. The average Bonchev–Trinajstić information content (AvgIpc) is 1.97. The molecule has 0 N–H and O–H groups in total. The van der Waals surface area contributed by atoms with Crippen molar-refractivity contribution in [2.75, 3.05) is 0 Å². The first-order chi connectivity index (χ1) is 4.91. The second kappa shape index (κ2) is 12.1. The first-order valence-corrected chi connectivity index (χ1v) is 4.02. The van der Waals surface area contributed by atoms with Gasteiger partial charge in [-0.3, -0.25) is 4.79 Å². The van der Waals surface area contributed by atoms with Crippen molar-refractivity contribution in [2.24, 2.45) is 0 Å². The number of unbranched alkanes of at least 4 members (excludes halogenated alkanes) is 4. The second-order valence-electron chi connectivity index (χ2n) is 2.41. The molecule has 0 aliphatic heterocycles. The van der Waals surface area contributed by atoms with Crippen LogP contribution in [0.5, 0.6) is 0 Å². The number of carbonyl (C=O) groups is 1. The van der Waals surface area contributed by atoms with Crippen LogP contribution in [0.1, 0.15) is 39.0 Å². The van der Waals surface area contributed by atoms with Crippen LogP contribution in [0, 0.1) is 7.43 Å². The number of allylic oxidation sites excluding steroid dienone is 2. The molecule has 0 aromatic carbocycles. The standard InChI is InChI=1S/C9H16O.C/c1-2-3-4-5-6-7-8-9-10;/h7-9H,2-6H2,1H3;. The Balaban J connectivity index is 0. The highest BCUT2D eigenvalue weighted by Gasteiger charge is 1.82. The summed E-state index contributed by atoms with van der Waals surface area (Å²) in [6.07, 6.45) is 10.5. The summed E-state index contributed by atoms with van der Waals surface area (Å²) in [4.78, 5) is 9.81. The molecular formula is C10H16O. The van der Waals surface area contributed by atoms with E-state index in [-0.39, 0.29) is 7.43 Å². The molecule has 0 aromatic rings. The fourth-order valence-electron chi connectivity index (χ4n) is 0.841. The third kappa shape index (κ3) is 12.6. The molecule has 0 aromatic heterocycles. The quantitative estimate of drug-likeness (QED) is 0.325. The summed E-state index contributed by atoms with van der Waals surface area (Å²) < 4.78 is 0. The number of hydrogen-bond donors (Lipinski definition) is 0. The van der Waals surface area contributed by atoms with Gasteiger partial charge in [0.1, 0.15) is 6.29 Å². The first-order valence-electron chi connectivity index (χ1n) is 4.02. The Morgan fingerprint density at radius 3 is 2.45 bits per heavy atom. The van der Waals surface area contributed by atoms with Gasteiger partial charge in [-0.1, -0.05) is 32.3 Å². The van der Waals surface area contributed by atoms with E-state index in [9.17, 15) is 4.79 Å². The predicted molar refractivity (Wildman–Crippen MR) is 47.2 cm³/mol. The van der Waals surface area contributed by atoms with Crippen LogP contribution in [-0.4, -0.2) is 6.29 Å². The van der Waals surface area contributed by atoms with Crippen molar-refractivity contribution < 1.29 is 4.79 Å². The van der Waals surface area contributed by atoms with E-state index in [1.54, 1.807) is 6.08 Å². The lowest BCUT2D eigenvalue weighted by molar-refractivity contribution is -0.104. The molecule has 0 unspecified atom stereocenters. The molecule has 0 aliphatic rings. The smallest absolute Gasteiger partial charge is 0.142 e. The molecule has 0 saturated heterocycles. The highest BCUT2D eigenvalue weighted by molar-refractivity contribution is 5.64. The van der Waals surface area contributed by atoms with Crippen molar-refractivity contribution in [1.29, 1.82) is 0 Å². The SMILES string of the molecule is CCCCCCC=CC=O.[C]. The van der Waals surface area contributed by atoms with Crippen LogP contribution < -0.4 is 0 Å². The molecule has 0 heterocycles. The van der Waals surface area contributed by atoms with Crippen molar-refractivity contribution in [2.45, 2.75) is 39.0 Å². The van der Waals surface area contributed by atoms with Crippen molar-refractivity contribution >= 4 is 6.29 Å². The molecule has 0 fully saturated rings. The monoisotopic (exact) mass is 152 g/mol. The number of carbonyl (C=O) groups excluding carboxylic acids is 1. The minimum Gasteiger partial charge on any atom is -0.299 e. The van der Waals surface area contributed by atoms with Crippen LogP contribution in [0.25, 0.3) is 0 Å². The number of rotatable bonds is 6. The second-order valence-corrected chi connectivity index (χ2v) is 2.41. The Bertz CT molecular complexity index is 95.0. The van der Waals surface area contributed by atoms with E-state index >= 15 is 0 Å². The van der Waals surface area contributed by atoms with E-state index in [2.05, 4.69) is 6.92 Å². The summed E-state index contributed by atoms with van der Waals surface area (Å²) in [5, 5.41) is 0. The normalized spacial score (nSPS) is 9.55. The number of hydrogen-bond acceptors (Lipinski definition) is 1. The number of aldehydes is 1. The van der Waals surface area contributed by atoms with Gasteiger partial charge in [0.05, 0.1) is 0 Å². The molecule has 0 rings (SSSR count). The molecule has 1 heteroatoms. The first kappa shape index (κ1) is 13.0. The van der Waals surface area contributed by atoms with E-state index in [4.69, 9.17) is 0 Å². The van der Waals surface area contributed by atoms with Crippen LogP contribution in [-0.2, 0) is 4.79 Å². The Morgan fingerprint density at radius 2 is 1.91 bits per heavy atom. The van der Waals surface area contributed by atoms with Gasteiger partial charge in [-0.2, -0.15) is 0 Å². The molecule has 1 nitrogen and oxygen atoms in total. The summed E-state index contributed by atoms with van der Waals surface area (Å²) in [6.45, 7) is 2.20. The van der Waals surface area contributed by atoms with Gasteiger partial charge in [-0.15, -0.1) is 0 Å². The van der Waals surface area contributed by atoms with Gasteiger partial charge in [0, 0.05) is 7.43 Å². The van der Waals surface area contributed by atoms with Crippen LogP contribution in [0.4, 0.5) is 0 Å². The minimum atomic E-state index is 0. The zero-order valence-electron chi connectivity index (χ0n) is 7.18. The third-order valence-electron chi connectivity index (χ3n) is 1.44. The zero-order chi connectivity index (χ0) is 7.66. The molecule has 11 heavy (non-hydrogen) atoms. The van der Waals surface area contributed by atoms with Gasteiger partial charge >= 0.3 is 0 Å². The summed E-state index contributed by atoms with van der Waals surface area (Å²) in [5.74, 6) is 0. The van der Waals surface area contributed by atoms with Gasteiger partial charge in [0.15, 0.2) is 0 Å². The lowest BCUT2D eigenvalue weighted by Crippen LogP contribution is -1.73. The predicted octanol–water partition coefficient (Wildman–Crippen LogP) is 2.79. The van der Waals surface area contributed by atoms with Crippen LogP contribution in [0.3, 0.4) is 0 Å². The zero-order valence-corrected chi connectivity index (χ0v) is 7.18. The van der Waals surface area contributed by atoms with Crippen LogP contribution in [0.15, 0.2) is 12.2 Å². The largest absolute Gasteiger partial charge is 0.299 e. The highest BCUT2D eigenvalue weighted by atomic mass is 16.1. The van der Waals surface area contributed by atoms with Crippen LogP contribution in [0.2, 0.25) is 0 Å². The molecule has 0 aliphatic carbocycles. The summed E-state index contributed by atoms with van der Waals surface area (Å²) in [6, 6.07) is 0. The topological polar surface area (TPSA) is 17.1 Å². The maximum absolute atomic E-state index is 9.81. The van der Waals surface area contributed by atoms with Gasteiger partial charge in [0.2, 0.25) is 0 Å². The van der Waals surface area contributed by atoms with Crippen LogP contribution >= 0.6 is 0 Å². The van der Waals surface area contributed by atoms with Crippen molar-refractivity contribution in [1.82, 2.24) is 0 Å². The molecule has 4 radical (unpaired) electrons. The molecule has 0 bridgehead atoms. The molecule has 0 saturated carbocycles. The van der Waals surface area contributed by atoms with Gasteiger partial charge in [-0.25, -0.2) is 0 Å². The summed E-state index contributed by atoms with van der Waals surface area (Å²) in [7, 11) is 0. The van der Waals surface area contributed by atoms with Gasteiger partial charge in [-0.05, 0) is 18.9 Å². The van der Waals surface area contributed by atoms with Crippen molar-refractivity contribution in [3.8, 4) is 0 Å². The van der Waals surface area contributed by atoms with Gasteiger partial charge < -0.3 is 0 Å². The molecular weight excluding hydrogens is 136 g/mol. The van der Waals surface area contributed by atoms with E-state index in [1.807, 2.05) is 6.08 Å². The fraction of sp³-hybridized carbons (Fsp3) is 0.600. The highest BCUT2D eigenvalue weighted by Crippen LogP contribution is 2.02. The Morgan fingerprint density at radius 1 is 1.18 bits per heavy atom. The third-order valence-corrected chi connectivity index (χ3v) is 1.44. The van der Waals surface area contributed by atoms with Gasteiger partial charge in [0.25, 0.3) is 0 Å².